The summed E-state index contributed by atoms with van der Waals surface area (Å²) in [7, 11) is -0.685. The average Bonchev–Trinajstić information content (AvgIpc) is 3.45. The van der Waals surface area contributed by atoms with Crippen LogP contribution in [0.1, 0.15) is 77.3 Å². The smallest absolute Gasteiger partial charge is 0.286 e. The number of methoxy groups -OCH3 is 1. The first-order valence-corrected chi connectivity index (χ1v) is 20.0. The zero-order valence-corrected chi connectivity index (χ0v) is 31.5. The molecule has 1 aliphatic carbocycles. The van der Waals surface area contributed by atoms with Crippen LogP contribution in [0.15, 0.2) is 59.1 Å². The second-order valence-electron chi connectivity index (χ2n) is 14.3. The number of anilines is 1. The predicted octanol–water partition coefficient (Wildman–Crippen LogP) is 5.49. The lowest BCUT2D eigenvalue weighted by molar-refractivity contribution is -0.0582. The quantitative estimate of drug-likeness (QED) is 0.287. The fraction of sp³-hybridized carbons (Fsp3) is 0.500. The van der Waals surface area contributed by atoms with Gasteiger partial charge in [-0.05, 0) is 97.7 Å². The van der Waals surface area contributed by atoms with Gasteiger partial charge in [0.05, 0.1) is 30.8 Å². The summed E-state index contributed by atoms with van der Waals surface area (Å²) in [4.78, 5) is 29.7. The van der Waals surface area contributed by atoms with Crippen LogP contribution in [0, 0.1) is 17.8 Å². The average molecular weight is 754 g/mol. The van der Waals surface area contributed by atoms with Crippen molar-refractivity contribution in [3.8, 4) is 11.6 Å². The van der Waals surface area contributed by atoms with Crippen LogP contribution in [0.4, 0.5) is 5.69 Å². The highest BCUT2D eigenvalue weighted by Crippen LogP contribution is 2.46. The summed E-state index contributed by atoms with van der Waals surface area (Å²) in [6.07, 6.45) is 9.86. The van der Waals surface area contributed by atoms with Crippen LogP contribution >= 0.6 is 11.6 Å². The summed E-state index contributed by atoms with van der Waals surface area (Å²) in [6.45, 7) is 3.18. The van der Waals surface area contributed by atoms with Crippen molar-refractivity contribution >= 4 is 39.0 Å². The second kappa shape index (κ2) is 16.0. The monoisotopic (exact) mass is 753 g/mol. The van der Waals surface area contributed by atoms with Crippen LogP contribution in [-0.2, 0) is 29.9 Å². The van der Waals surface area contributed by atoms with Crippen LogP contribution in [-0.4, -0.2) is 74.2 Å². The first-order valence-electron chi connectivity index (χ1n) is 17.9. The highest BCUT2D eigenvalue weighted by Gasteiger charge is 2.45. The number of aryl methyl sites for hydroxylation is 2. The minimum absolute atomic E-state index is 0.0455. The van der Waals surface area contributed by atoms with Crippen LogP contribution in [0.5, 0.6) is 11.6 Å². The summed E-state index contributed by atoms with van der Waals surface area (Å²) in [5.41, 5.74) is 1.90. The third kappa shape index (κ3) is 8.48. The van der Waals surface area contributed by atoms with Crippen LogP contribution in [0.3, 0.4) is 0 Å². The normalized spacial score (nSPS) is 27.4. The molecule has 3 aliphatic rings. The molecule has 14 heteroatoms. The van der Waals surface area contributed by atoms with E-state index in [2.05, 4.69) is 19.1 Å². The largest absolute Gasteiger partial charge is 0.491 e. The van der Waals surface area contributed by atoms with Crippen molar-refractivity contribution in [3.05, 3.63) is 82.0 Å². The number of nitrogens with zero attached hydrogens (tertiary/aromatic N) is 4. The number of carbonyl (C=O) groups is 2. The van der Waals surface area contributed by atoms with Gasteiger partial charge >= 0.3 is 0 Å². The SMILES string of the molecule is COc1nn(C)cc1C(=O)NS1(=O)=NC(=O)c2ccc3c(c2)N(Cc2ccc(Cl)cc2CCCCO3)C[C@@H]2CC[C@H]2C(O)(CCO)/C=C/C[C@H](C)C1. The first-order chi connectivity index (χ1) is 24.9. The van der Waals surface area contributed by atoms with E-state index in [1.165, 1.54) is 18.0 Å². The molecule has 1 saturated carbocycles. The number of aliphatic hydroxyl groups excluding tert-OH is 1. The lowest BCUT2D eigenvalue weighted by Gasteiger charge is -2.48. The maximum atomic E-state index is 14.6. The van der Waals surface area contributed by atoms with E-state index < -0.39 is 27.3 Å². The van der Waals surface area contributed by atoms with E-state index in [9.17, 15) is 24.0 Å². The van der Waals surface area contributed by atoms with E-state index in [0.717, 1.165) is 43.2 Å². The van der Waals surface area contributed by atoms with Crippen molar-refractivity contribution in [1.82, 2.24) is 14.5 Å². The van der Waals surface area contributed by atoms with Crippen molar-refractivity contribution in [2.45, 2.75) is 64.0 Å². The van der Waals surface area contributed by atoms with E-state index in [1.807, 2.05) is 31.2 Å². The Kier molecular flexibility index (Phi) is 11.6. The van der Waals surface area contributed by atoms with E-state index in [4.69, 9.17) is 21.1 Å². The molecule has 52 heavy (non-hydrogen) atoms. The fourth-order valence-corrected chi connectivity index (χ4v) is 9.65. The Morgan fingerprint density at radius 1 is 1.19 bits per heavy atom. The molecule has 3 aromatic rings. The molecule has 2 unspecified atom stereocenters. The molecule has 6 rings (SSSR count). The standard InChI is InChI=1S/C38H48ClN5O7S/c1-25-7-6-15-38(48,16-17-45)32-13-10-29(32)22-44-21-28-9-12-30(39)19-26(28)8-4-5-18-51-34-14-11-27(20-33(34)44)35(46)41-52(49,24-25)42-36(47)31-23-43(2)40-37(31)50-3/h6,9,11-12,14-15,19-20,23,25,29,32,45,48H,4-5,7-8,10,13,16-18,21-22,24H2,1-3H3,(H,41,42,46,47,49)/b15-6+/t25-,29-,32+,38?,52?/m0/s1. The van der Waals surface area contributed by atoms with Crippen molar-refractivity contribution in [1.29, 1.82) is 0 Å². The molecule has 2 amide bonds. The molecule has 0 saturated heterocycles. The summed E-state index contributed by atoms with van der Waals surface area (Å²) in [5, 5.41) is 26.9. The molecule has 2 bridgehead atoms. The number of hydrogen-bond acceptors (Lipinski definition) is 9. The van der Waals surface area contributed by atoms with Gasteiger partial charge < -0.3 is 24.6 Å². The van der Waals surface area contributed by atoms with Gasteiger partial charge in [0.25, 0.3) is 11.8 Å². The Bertz CT molecular complexity index is 1960. The molecule has 1 aromatic heterocycles. The number of rotatable bonds is 5. The van der Waals surface area contributed by atoms with Gasteiger partial charge in [-0.25, -0.2) is 4.21 Å². The topological polar surface area (TPSA) is 156 Å². The number of amides is 2. The van der Waals surface area contributed by atoms with Crippen LogP contribution < -0.4 is 19.1 Å². The maximum Gasteiger partial charge on any atom is 0.286 e. The second-order valence-corrected chi connectivity index (χ2v) is 16.7. The summed E-state index contributed by atoms with van der Waals surface area (Å²) < 4.78 is 34.4. The fourth-order valence-electron chi connectivity index (χ4n) is 7.58. The highest BCUT2D eigenvalue weighted by atomic mass is 35.5. The number of nitrogens with one attached hydrogen (secondary N) is 1. The summed E-state index contributed by atoms with van der Waals surface area (Å²) >= 11 is 6.45. The van der Waals surface area contributed by atoms with Crippen LogP contribution in [0.2, 0.25) is 5.02 Å². The lowest BCUT2D eigenvalue weighted by Crippen LogP contribution is -2.50. The molecule has 0 radical (unpaired) electrons. The van der Waals surface area contributed by atoms with Gasteiger partial charge in [0, 0.05) is 49.9 Å². The number of benzene rings is 2. The number of hydrogen-bond donors (Lipinski definition) is 3. The number of carbonyl (C=O) groups excluding carboxylic acids is 2. The zero-order valence-electron chi connectivity index (χ0n) is 29.9. The van der Waals surface area contributed by atoms with E-state index in [0.29, 0.717) is 42.6 Å². The Labute approximate surface area is 310 Å². The number of fused-ring (bicyclic) bond motifs is 3. The molecule has 280 valence electrons. The number of aromatic nitrogens is 2. The molecule has 12 nitrogen and oxygen atoms in total. The highest BCUT2D eigenvalue weighted by molar-refractivity contribution is 7.92. The van der Waals surface area contributed by atoms with Gasteiger partial charge in [-0.3, -0.25) is 19.0 Å². The van der Waals surface area contributed by atoms with Gasteiger partial charge in [-0.15, -0.1) is 9.46 Å². The third-order valence-electron chi connectivity index (χ3n) is 10.4. The summed E-state index contributed by atoms with van der Waals surface area (Å²) in [6, 6.07) is 11.0. The molecular formula is C38H48ClN5O7S. The van der Waals surface area contributed by atoms with E-state index in [-0.39, 0.29) is 53.5 Å². The number of halogens is 1. The van der Waals surface area contributed by atoms with Gasteiger partial charge in [0.15, 0.2) is 0 Å². The molecule has 3 heterocycles. The Morgan fingerprint density at radius 3 is 2.77 bits per heavy atom. The molecule has 2 aromatic carbocycles. The minimum atomic E-state index is -3.69. The van der Waals surface area contributed by atoms with E-state index >= 15 is 0 Å². The molecule has 2 aliphatic heterocycles. The Balaban J connectivity index is 1.48. The van der Waals surface area contributed by atoms with Crippen molar-refractivity contribution in [2.75, 3.05) is 37.5 Å². The molecular weight excluding hydrogens is 706 g/mol. The van der Waals surface area contributed by atoms with Crippen molar-refractivity contribution in [3.63, 3.8) is 0 Å². The number of aliphatic hydroxyl groups is 2. The minimum Gasteiger partial charge on any atom is -0.491 e. The van der Waals surface area contributed by atoms with Gasteiger partial charge in [0.1, 0.15) is 21.2 Å². The van der Waals surface area contributed by atoms with Gasteiger partial charge in [0.2, 0.25) is 5.88 Å². The molecule has 0 spiro atoms. The maximum absolute atomic E-state index is 14.6. The third-order valence-corrected chi connectivity index (χ3v) is 12.6. The molecule has 5 atom stereocenters. The molecule has 1 fully saturated rings. The lowest BCUT2D eigenvalue weighted by atomic mass is 9.63. The number of ether oxygens (including phenoxy) is 2. The zero-order chi connectivity index (χ0) is 37.0. The van der Waals surface area contributed by atoms with E-state index in [1.54, 1.807) is 31.3 Å². The van der Waals surface area contributed by atoms with Gasteiger partial charge in [-0.2, -0.15) is 0 Å². The Morgan fingerprint density at radius 2 is 2.02 bits per heavy atom. The predicted molar refractivity (Wildman–Crippen MR) is 200 cm³/mol. The number of allylic oxidation sites excluding steroid dienone is 1. The Hall–Kier alpha value is -3.91. The van der Waals surface area contributed by atoms with Crippen molar-refractivity contribution < 1.29 is 33.5 Å². The van der Waals surface area contributed by atoms with Gasteiger partial charge in [-0.1, -0.05) is 36.7 Å². The van der Waals surface area contributed by atoms with Crippen LogP contribution in [0.25, 0.3) is 0 Å². The summed E-state index contributed by atoms with van der Waals surface area (Å²) in [5.74, 6) is -1.32. The molecule has 3 N–H and O–H groups in total. The van der Waals surface area contributed by atoms with Crippen molar-refractivity contribution in [2.24, 2.45) is 29.2 Å². The first kappa shape index (κ1) is 37.8.